The number of alkyl halides is 1. The molecular weight excluding hydrogens is 668 g/mol. The van der Waals surface area contributed by atoms with E-state index in [1.165, 1.54) is 43.9 Å². The van der Waals surface area contributed by atoms with Gasteiger partial charge in [-0.3, -0.25) is 4.39 Å². The summed E-state index contributed by atoms with van der Waals surface area (Å²) < 4.78 is 19.3. The Morgan fingerprint density at radius 3 is 1.52 bits per heavy atom. The number of anilines is 6. The molecule has 0 N–H and O–H groups in total. The Labute approximate surface area is 284 Å². The van der Waals surface area contributed by atoms with Crippen LogP contribution in [0.25, 0.3) is 0 Å². The maximum atomic E-state index is 9.96. The van der Waals surface area contributed by atoms with Crippen molar-refractivity contribution in [1.29, 1.82) is 0 Å². The first-order valence-corrected chi connectivity index (χ1v) is 16.3. The Morgan fingerprint density at radius 1 is 0.682 bits per heavy atom. The first kappa shape index (κ1) is 33.4. The van der Waals surface area contributed by atoms with Crippen molar-refractivity contribution >= 4 is 91.8 Å². The van der Waals surface area contributed by atoms with Gasteiger partial charge < -0.3 is 9.80 Å². The van der Waals surface area contributed by atoms with Gasteiger partial charge in [-0.2, -0.15) is 0 Å². The van der Waals surface area contributed by atoms with Crippen LogP contribution < -0.4 is 9.80 Å². The quantitative estimate of drug-likeness (QED) is 0.138. The zero-order valence-electron chi connectivity index (χ0n) is 25.4. The fourth-order valence-corrected chi connectivity index (χ4v) is 6.49. The summed E-state index contributed by atoms with van der Waals surface area (Å²) >= 11 is 10.2. The van der Waals surface area contributed by atoms with E-state index in [0.29, 0.717) is 0 Å². The van der Waals surface area contributed by atoms with E-state index in [9.17, 15) is 4.39 Å². The number of nitrogens with zero attached hydrogens (tertiary/aromatic N) is 3. The van der Waals surface area contributed by atoms with Crippen molar-refractivity contribution in [3.63, 3.8) is 0 Å². The Balaban J connectivity index is 0.000000209. The van der Waals surface area contributed by atoms with E-state index in [-0.39, 0.29) is 0 Å². The van der Waals surface area contributed by atoms with Gasteiger partial charge in [0.25, 0.3) is 0 Å². The summed E-state index contributed by atoms with van der Waals surface area (Å²) in [5, 5.41) is 4.55. The Hall–Kier alpha value is -3.50. The number of thiol groups is 1. The average molecular weight is 703 g/mol. The van der Waals surface area contributed by atoms with Crippen molar-refractivity contribution in [1.82, 2.24) is 0 Å². The number of benzene rings is 4. The van der Waals surface area contributed by atoms with Gasteiger partial charge in [-0.05, 0) is 119 Å². The van der Waals surface area contributed by atoms with Crippen molar-refractivity contribution in [2.45, 2.75) is 13.8 Å². The SMILES string of the molecule is Cc1cccc(N(c2ccccc2)c2ccc(Br)s2)c1.Cc1cccc(N(c2ccccc2)c2cccs2)c1.[2H]CF.[B]=NS. The monoisotopic (exact) mass is 701 g/mol. The van der Waals surface area contributed by atoms with Crippen LogP contribution in [0.2, 0.25) is 0 Å². The second-order valence-corrected chi connectivity index (χ2v) is 12.8. The zero-order chi connectivity index (χ0) is 32.4. The molecule has 2 heterocycles. The van der Waals surface area contributed by atoms with Crippen LogP contribution in [0.15, 0.2) is 147 Å². The molecule has 44 heavy (non-hydrogen) atoms. The molecule has 0 bridgehead atoms. The van der Waals surface area contributed by atoms with Crippen LogP contribution in [-0.4, -0.2) is 14.8 Å². The summed E-state index contributed by atoms with van der Waals surface area (Å²) in [5.74, 6) is 0. The molecule has 0 aliphatic carbocycles. The Kier molecular flexibility index (Phi) is 14.4. The van der Waals surface area contributed by atoms with E-state index in [4.69, 9.17) is 1.37 Å². The molecule has 223 valence electrons. The molecule has 0 saturated heterocycles. The molecule has 6 rings (SSSR count). The van der Waals surface area contributed by atoms with E-state index in [0.717, 1.165) is 3.79 Å². The van der Waals surface area contributed by atoms with Gasteiger partial charge >= 0.3 is 24.8 Å². The van der Waals surface area contributed by atoms with Crippen LogP contribution in [0.3, 0.4) is 0 Å². The minimum atomic E-state index is -1.00. The van der Waals surface area contributed by atoms with Crippen LogP contribution in [0.4, 0.5) is 37.1 Å². The van der Waals surface area contributed by atoms with E-state index in [1.54, 1.807) is 22.7 Å². The summed E-state index contributed by atoms with van der Waals surface area (Å²) in [6, 6.07) is 46.6. The summed E-state index contributed by atoms with van der Waals surface area (Å²) in [7, 11) is 3.34. The van der Waals surface area contributed by atoms with Gasteiger partial charge in [-0.15, -0.1) is 22.7 Å². The second kappa shape index (κ2) is 19.0. The van der Waals surface area contributed by atoms with Gasteiger partial charge in [0.15, 0.2) is 0 Å². The van der Waals surface area contributed by atoms with Crippen molar-refractivity contribution in [3.05, 3.63) is 154 Å². The summed E-state index contributed by atoms with van der Waals surface area (Å²) in [6.45, 7) is 4.25. The molecule has 3 nitrogen and oxygen atoms in total. The van der Waals surface area contributed by atoms with E-state index < -0.39 is 7.15 Å². The van der Waals surface area contributed by atoms with Crippen LogP contribution >= 0.6 is 51.4 Å². The standard InChI is InChI=1S/C17H14BrNS.C17H15NS.CH3F.BHNS/c1-13-6-5-9-15(12-13)19(14-7-3-2-4-8-14)17-11-10-16(18)20-17;1-14-7-5-10-16(13-14)18(17-11-6-12-19-17)15-8-3-2-4-9-15;1-2;1-2-3/h2-12H,1H3;2-13H,1H3;1H3;3H/i;;1D;. The third-order valence-electron chi connectivity index (χ3n) is 6.05. The molecule has 0 saturated carbocycles. The third-order valence-corrected chi connectivity index (χ3v) is 8.52. The van der Waals surface area contributed by atoms with Crippen molar-refractivity contribution in [2.75, 3.05) is 17.0 Å². The fraction of sp³-hybridized carbons (Fsp3) is 0.0857. The molecule has 0 fully saturated rings. The van der Waals surface area contributed by atoms with Gasteiger partial charge in [0.05, 0.1) is 17.3 Å². The normalized spacial score (nSPS) is 9.95. The van der Waals surface area contributed by atoms with Crippen LogP contribution in [0.5, 0.6) is 0 Å². The Bertz CT molecular complexity index is 1690. The number of rotatable bonds is 6. The molecule has 0 atom stereocenters. The van der Waals surface area contributed by atoms with Gasteiger partial charge in [0.2, 0.25) is 0 Å². The molecule has 9 heteroatoms. The van der Waals surface area contributed by atoms with E-state index >= 15 is 0 Å². The number of hydrogen-bond donors (Lipinski definition) is 1. The minimum absolute atomic E-state index is 1.00. The molecule has 2 aromatic heterocycles. The van der Waals surface area contributed by atoms with E-state index in [1.807, 2.05) is 12.1 Å². The molecule has 0 aliphatic heterocycles. The number of hydrogen-bond acceptors (Lipinski definition) is 6. The van der Waals surface area contributed by atoms with Gasteiger partial charge in [0.1, 0.15) is 5.00 Å². The van der Waals surface area contributed by atoms with Crippen LogP contribution in [0, 0.1) is 13.8 Å². The van der Waals surface area contributed by atoms with E-state index in [2.05, 4.69) is 191 Å². The first-order valence-electron chi connectivity index (χ1n) is 14.1. The fourth-order valence-electron chi connectivity index (χ4n) is 4.32. The molecule has 0 unspecified atom stereocenters. The molecule has 0 amide bonds. The summed E-state index contributed by atoms with van der Waals surface area (Å²) in [4.78, 5) is 4.57. The van der Waals surface area contributed by atoms with Crippen LogP contribution in [0.1, 0.15) is 12.5 Å². The summed E-state index contributed by atoms with van der Waals surface area (Å²) in [6.07, 6.45) is 0. The summed E-state index contributed by atoms with van der Waals surface area (Å²) in [5.41, 5.74) is 7.29. The van der Waals surface area contributed by atoms with Crippen LogP contribution in [-0.2, 0) is 0 Å². The predicted molar refractivity (Wildman–Crippen MR) is 199 cm³/mol. The number of thiophene rings is 2. The predicted octanol–water partition coefficient (Wildman–Crippen LogP) is 12.6. The maximum absolute atomic E-state index is 9.96. The first-order chi connectivity index (χ1) is 21.9. The molecule has 0 spiro atoms. The van der Waals surface area contributed by atoms with Crippen molar-refractivity contribution in [3.8, 4) is 0 Å². The van der Waals surface area contributed by atoms with Gasteiger partial charge in [-0.1, -0.05) is 60.7 Å². The molecular formula is C35H33BBrFN3S3. The van der Waals surface area contributed by atoms with Crippen molar-refractivity contribution in [2.24, 2.45) is 4.30 Å². The number of halogens is 2. The second-order valence-electron chi connectivity index (χ2n) is 9.16. The van der Waals surface area contributed by atoms with Crippen molar-refractivity contribution < 1.29 is 5.76 Å². The van der Waals surface area contributed by atoms with Gasteiger partial charge in [0, 0.05) is 22.7 Å². The zero-order valence-corrected chi connectivity index (χ0v) is 28.5. The van der Waals surface area contributed by atoms with Gasteiger partial charge in [-0.25, -0.2) is 0 Å². The Morgan fingerprint density at radius 2 is 1.14 bits per heavy atom. The molecule has 0 aliphatic rings. The number of para-hydroxylation sites is 2. The molecule has 4 aromatic carbocycles. The number of aryl methyl sites for hydroxylation is 2. The topological polar surface area (TPSA) is 18.8 Å². The molecule has 6 aromatic rings. The average Bonchev–Trinajstić information content (AvgIpc) is 3.72. The third kappa shape index (κ3) is 10.3. The molecule has 1 radical (unpaired) electrons.